The molecule has 1 heteroatoms. The second-order valence-corrected chi connectivity index (χ2v) is 16.1. The molecule has 0 spiro atoms. The molecule has 0 nitrogen and oxygen atoms in total. The molecule has 127 valence electrons. The van der Waals surface area contributed by atoms with Gasteiger partial charge in [0.25, 0.3) is 0 Å². The van der Waals surface area contributed by atoms with Gasteiger partial charge < -0.3 is 0 Å². The summed E-state index contributed by atoms with van der Waals surface area (Å²) in [5.74, 6) is 0. The van der Waals surface area contributed by atoms with Gasteiger partial charge in [0.15, 0.2) is 0 Å². The van der Waals surface area contributed by atoms with Crippen molar-refractivity contribution in [3.05, 3.63) is 121 Å². The molecule has 0 aliphatic rings. The van der Waals surface area contributed by atoms with E-state index < -0.39 is 18.8 Å². The van der Waals surface area contributed by atoms with E-state index in [4.69, 9.17) is 0 Å². The van der Waals surface area contributed by atoms with Crippen molar-refractivity contribution in [2.75, 3.05) is 0 Å². The van der Waals surface area contributed by atoms with Crippen molar-refractivity contribution in [2.24, 2.45) is 0 Å². The number of hydrogen-bond acceptors (Lipinski definition) is 0. The Balaban J connectivity index is 2.17. The van der Waals surface area contributed by atoms with Crippen LogP contribution < -0.4 is 14.0 Å². The fraction of sp³-hybridized carbons (Fsp3) is 0.0400. The summed E-state index contributed by atoms with van der Waals surface area (Å²) in [5.41, 5.74) is 1.38. The second-order valence-electron chi connectivity index (χ2n) is 6.46. The van der Waals surface area contributed by atoms with Gasteiger partial charge in [-0.1, -0.05) is 0 Å². The van der Waals surface area contributed by atoms with Crippen LogP contribution in [0.3, 0.4) is 0 Å². The minimum absolute atomic E-state index is 1.38. The Labute approximate surface area is 160 Å². The number of rotatable bonds is 4. The van der Waals surface area contributed by atoms with Crippen LogP contribution in [0.25, 0.3) is 0 Å². The van der Waals surface area contributed by atoms with E-state index in [2.05, 4.69) is 122 Å². The summed E-state index contributed by atoms with van der Waals surface area (Å²) in [7, 11) is 0. The number of benzene rings is 4. The average molecular weight is 444 g/mol. The van der Waals surface area contributed by atoms with Crippen LogP contribution in [0.4, 0.5) is 0 Å². The van der Waals surface area contributed by atoms with Crippen LogP contribution in [-0.4, -0.2) is 18.8 Å². The molecule has 1 radical (unpaired) electrons. The monoisotopic (exact) mass is 443 g/mol. The van der Waals surface area contributed by atoms with E-state index >= 15 is 0 Å². The van der Waals surface area contributed by atoms with Crippen molar-refractivity contribution in [3.8, 4) is 0 Å². The van der Waals surface area contributed by atoms with Gasteiger partial charge in [0.05, 0.1) is 0 Å². The minimum atomic E-state index is -3.23. The zero-order chi connectivity index (χ0) is 17.8. The van der Waals surface area contributed by atoms with Crippen molar-refractivity contribution in [3.63, 3.8) is 0 Å². The molecule has 0 saturated carbocycles. The van der Waals surface area contributed by atoms with Gasteiger partial charge in [-0.3, -0.25) is 0 Å². The van der Waals surface area contributed by atoms with Gasteiger partial charge in [-0.25, -0.2) is 0 Å². The number of aryl methyl sites for hydroxylation is 1. The molecule has 26 heavy (non-hydrogen) atoms. The maximum atomic E-state index is 2.36. The first-order valence-electron chi connectivity index (χ1n) is 8.95. The molecular formula is C25H22Sb. The molecule has 0 N–H and O–H groups in total. The maximum absolute atomic E-state index is 3.23. The Bertz CT molecular complexity index is 879. The summed E-state index contributed by atoms with van der Waals surface area (Å²) in [4.78, 5) is 0. The van der Waals surface area contributed by atoms with Gasteiger partial charge in [0, 0.05) is 0 Å². The molecule has 4 aromatic carbocycles. The molecule has 0 aliphatic heterocycles. The molecule has 0 aromatic heterocycles. The normalized spacial score (nSPS) is 11.3. The topological polar surface area (TPSA) is 0 Å². The molecule has 0 amide bonds. The predicted molar refractivity (Wildman–Crippen MR) is 115 cm³/mol. The van der Waals surface area contributed by atoms with Crippen LogP contribution >= 0.6 is 0 Å². The van der Waals surface area contributed by atoms with Gasteiger partial charge >= 0.3 is 161 Å². The average Bonchev–Trinajstić information content (AvgIpc) is 2.72. The summed E-state index contributed by atoms with van der Waals surface area (Å²) >= 11 is -3.23. The Morgan fingerprint density at radius 1 is 0.423 bits per heavy atom. The molecular weight excluding hydrogens is 422 g/mol. The Kier molecular flexibility index (Phi) is 4.95. The Morgan fingerprint density at radius 3 is 1.15 bits per heavy atom. The van der Waals surface area contributed by atoms with Crippen molar-refractivity contribution in [2.45, 2.75) is 6.92 Å². The van der Waals surface area contributed by atoms with Gasteiger partial charge in [0.1, 0.15) is 0 Å². The van der Waals surface area contributed by atoms with Crippen LogP contribution in [0.5, 0.6) is 0 Å². The summed E-state index contributed by atoms with van der Waals surface area (Å²) < 4.78 is 5.97. The molecule has 0 fully saturated rings. The zero-order valence-electron chi connectivity index (χ0n) is 14.9. The van der Waals surface area contributed by atoms with E-state index in [0.29, 0.717) is 0 Å². The molecule has 0 heterocycles. The Morgan fingerprint density at radius 2 is 0.769 bits per heavy atom. The van der Waals surface area contributed by atoms with E-state index in [1.54, 1.807) is 0 Å². The SMILES string of the molecule is Cc1cccc[c]1[Sb]([c]1ccccc1)([c]1ccccc1)[c]1ccccc1. The van der Waals surface area contributed by atoms with Crippen molar-refractivity contribution in [1.29, 1.82) is 0 Å². The fourth-order valence-electron chi connectivity index (χ4n) is 3.76. The van der Waals surface area contributed by atoms with Crippen molar-refractivity contribution >= 4 is 32.8 Å². The van der Waals surface area contributed by atoms with Gasteiger partial charge in [-0.2, -0.15) is 0 Å². The van der Waals surface area contributed by atoms with E-state index in [1.165, 1.54) is 19.6 Å². The van der Waals surface area contributed by atoms with Crippen molar-refractivity contribution in [1.82, 2.24) is 0 Å². The second kappa shape index (κ2) is 7.52. The first-order chi connectivity index (χ1) is 12.8. The number of hydrogen-bond donors (Lipinski definition) is 0. The standard InChI is InChI=1S/C7H7.3C6H5.Sb/c1-7-5-3-2-4-6-7;3*1-2-4-6-5-3-1;/h2-5H,1H3;3*1-5H;. The molecule has 4 aromatic rings. The molecule has 0 bridgehead atoms. The Hall–Kier alpha value is -2.30. The van der Waals surface area contributed by atoms with Crippen LogP contribution in [0.1, 0.15) is 5.56 Å². The first-order valence-corrected chi connectivity index (χ1v) is 14.1. The third-order valence-corrected chi connectivity index (χ3v) is 17.6. The van der Waals surface area contributed by atoms with E-state index in [9.17, 15) is 0 Å². The molecule has 0 atom stereocenters. The van der Waals surface area contributed by atoms with Crippen LogP contribution in [-0.2, 0) is 0 Å². The molecule has 4 rings (SSSR count). The zero-order valence-corrected chi connectivity index (χ0v) is 17.5. The van der Waals surface area contributed by atoms with E-state index in [1.807, 2.05) is 0 Å². The van der Waals surface area contributed by atoms with Crippen LogP contribution in [0, 0.1) is 6.92 Å². The van der Waals surface area contributed by atoms with Gasteiger partial charge in [-0.15, -0.1) is 0 Å². The summed E-state index contributed by atoms with van der Waals surface area (Å²) in [6.07, 6.45) is 0. The molecule has 0 saturated heterocycles. The fourth-order valence-corrected chi connectivity index (χ4v) is 16.6. The molecule has 0 unspecified atom stereocenters. The van der Waals surface area contributed by atoms with Crippen LogP contribution in [0.15, 0.2) is 115 Å². The third kappa shape index (κ3) is 2.89. The quantitative estimate of drug-likeness (QED) is 0.424. The van der Waals surface area contributed by atoms with Gasteiger partial charge in [-0.05, 0) is 0 Å². The summed E-state index contributed by atoms with van der Waals surface area (Å²) in [5, 5.41) is 0. The third-order valence-electron chi connectivity index (χ3n) is 4.91. The van der Waals surface area contributed by atoms with Crippen LogP contribution in [0.2, 0.25) is 0 Å². The predicted octanol–water partition coefficient (Wildman–Crippen LogP) is 3.37. The molecule has 0 aliphatic carbocycles. The van der Waals surface area contributed by atoms with E-state index in [-0.39, 0.29) is 0 Å². The first kappa shape index (κ1) is 17.1. The van der Waals surface area contributed by atoms with Crippen molar-refractivity contribution < 1.29 is 0 Å². The van der Waals surface area contributed by atoms with E-state index in [0.717, 1.165) is 0 Å². The van der Waals surface area contributed by atoms with Gasteiger partial charge in [0.2, 0.25) is 0 Å². The summed E-state index contributed by atoms with van der Waals surface area (Å²) in [6.45, 7) is 2.26. The summed E-state index contributed by atoms with van der Waals surface area (Å²) in [6, 6.07) is 42.4.